The molecule has 0 saturated carbocycles. The predicted octanol–water partition coefficient (Wildman–Crippen LogP) is 1.98. The Morgan fingerprint density at radius 2 is 2.28 bits per heavy atom. The molecule has 0 aliphatic carbocycles. The lowest BCUT2D eigenvalue weighted by molar-refractivity contribution is 0.0677. The van der Waals surface area contributed by atoms with Crippen molar-refractivity contribution in [1.82, 2.24) is 14.5 Å². The highest BCUT2D eigenvalue weighted by atomic mass is 16.4. The molecule has 18 heavy (non-hydrogen) atoms. The molecule has 0 aromatic carbocycles. The number of carboxylic acids is 1. The van der Waals surface area contributed by atoms with Gasteiger partial charge in [-0.05, 0) is 31.4 Å². The first-order valence-corrected chi connectivity index (χ1v) is 6.00. The smallest absolute Gasteiger partial charge is 0.372 e. The van der Waals surface area contributed by atoms with E-state index >= 15 is 0 Å². The molecule has 0 unspecified atom stereocenters. The molecule has 92 valence electrons. The van der Waals surface area contributed by atoms with E-state index in [1.54, 1.807) is 12.4 Å². The zero-order chi connectivity index (χ0) is 12.5. The summed E-state index contributed by atoms with van der Waals surface area (Å²) in [5.74, 6) is -0.822. The first-order chi connectivity index (χ1) is 8.77. The van der Waals surface area contributed by atoms with Crippen LogP contribution in [-0.4, -0.2) is 25.6 Å². The molecule has 0 spiro atoms. The van der Waals surface area contributed by atoms with E-state index in [0.29, 0.717) is 0 Å². The number of carbonyl (C=O) groups is 1. The maximum Gasteiger partial charge on any atom is 0.372 e. The Hall–Kier alpha value is -2.17. The van der Waals surface area contributed by atoms with Crippen LogP contribution in [0.3, 0.4) is 0 Å². The van der Waals surface area contributed by atoms with E-state index in [1.165, 1.54) is 0 Å². The minimum Gasteiger partial charge on any atom is -0.475 e. The third-order valence-electron chi connectivity index (χ3n) is 3.24. The van der Waals surface area contributed by atoms with Crippen LogP contribution in [0.2, 0.25) is 0 Å². The van der Waals surface area contributed by atoms with Gasteiger partial charge in [0, 0.05) is 30.2 Å². The number of nitrogens with zero attached hydrogens (tertiary/aromatic N) is 3. The zero-order valence-corrected chi connectivity index (χ0v) is 9.83. The van der Waals surface area contributed by atoms with Gasteiger partial charge in [-0.15, -0.1) is 0 Å². The normalized spacial score (nSPS) is 14.2. The van der Waals surface area contributed by atoms with Crippen molar-refractivity contribution in [2.24, 2.45) is 0 Å². The standard InChI is InChI=1S/C13H13N3O2/c17-13(18)12-15-11(9-4-3-6-14-8-9)10-5-1-2-7-16(10)12/h3-4,6,8H,1-2,5,7H2,(H,17,18). The topological polar surface area (TPSA) is 68.0 Å². The zero-order valence-electron chi connectivity index (χ0n) is 9.83. The van der Waals surface area contributed by atoms with E-state index in [1.807, 2.05) is 16.7 Å². The summed E-state index contributed by atoms with van der Waals surface area (Å²) in [7, 11) is 0. The summed E-state index contributed by atoms with van der Waals surface area (Å²) in [4.78, 5) is 19.6. The van der Waals surface area contributed by atoms with Gasteiger partial charge in [0.25, 0.3) is 0 Å². The molecule has 5 nitrogen and oxygen atoms in total. The molecule has 0 atom stereocenters. The predicted molar refractivity (Wildman–Crippen MR) is 65.4 cm³/mol. The van der Waals surface area contributed by atoms with Crippen molar-refractivity contribution in [3.8, 4) is 11.3 Å². The Morgan fingerprint density at radius 3 is 3.00 bits per heavy atom. The second kappa shape index (κ2) is 4.25. The van der Waals surface area contributed by atoms with Gasteiger partial charge in [0.15, 0.2) is 0 Å². The number of hydrogen-bond donors (Lipinski definition) is 1. The van der Waals surface area contributed by atoms with Crippen LogP contribution in [0.1, 0.15) is 29.2 Å². The van der Waals surface area contributed by atoms with Crippen LogP contribution in [0, 0.1) is 0 Å². The summed E-state index contributed by atoms with van der Waals surface area (Å²) in [5, 5.41) is 9.20. The molecule has 0 fully saturated rings. The van der Waals surface area contributed by atoms with Crippen LogP contribution in [-0.2, 0) is 13.0 Å². The summed E-state index contributed by atoms with van der Waals surface area (Å²) in [5.41, 5.74) is 2.67. The van der Waals surface area contributed by atoms with E-state index in [-0.39, 0.29) is 5.82 Å². The first-order valence-electron chi connectivity index (χ1n) is 6.00. The van der Waals surface area contributed by atoms with Gasteiger partial charge < -0.3 is 9.67 Å². The molecule has 1 N–H and O–H groups in total. The summed E-state index contributed by atoms with van der Waals surface area (Å²) >= 11 is 0. The second-order valence-electron chi connectivity index (χ2n) is 4.39. The monoisotopic (exact) mass is 243 g/mol. The molecule has 0 saturated heterocycles. The minimum absolute atomic E-state index is 0.142. The molecule has 1 aliphatic rings. The highest BCUT2D eigenvalue weighted by molar-refractivity contribution is 5.85. The number of imidazole rings is 1. The minimum atomic E-state index is -0.965. The van der Waals surface area contributed by atoms with Crippen molar-refractivity contribution in [3.05, 3.63) is 36.0 Å². The van der Waals surface area contributed by atoms with Crippen LogP contribution in [0.5, 0.6) is 0 Å². The molecule has 1 aliphatic heterocycles. The van der Waals surface area contributed by atoms with Gasteiger partial charge >= 0.3 is 5.97 Å². The molecule has 2 aromatic heterocycles. The molecule has 0 bridgehead atoms. The third-order valence-corrected chi connectivity index (χ3v) is 3.24. The van der Waals surface area contributed by atoms with Crippen molar-refractivity contribution in [2.75, 3.05) is 0 Å². The van der Waals surface area contributed by atoms with Crippen LogP contribution in [0.15, 0.2) is 24.5 Å². The first kappa shape index (κ1) is 11.0. The van der Waals surface area contributed by atoms with Gasteiger partial charge in [0.2, 0.25) is 5.82 Å². The van der Waals surface area contributed by atoms with Crippen molar-refractivity contribution >= 4 is 5.97 Å². The SMILES string of the molecule is O=C(O)c1nc(-c2cccnc2)c2n1CCCC2. The Kier molecular flexibility index (Phi) is 2.59. The van der Waals surface area contributed by atoms with Gasteiger partial charge in [-0.2, -0.15) is 0 Å². The molecule has 5 heteroatoms. The lowest BCUT2D eigenvalue weighted by atomic mass is 10.1. The number of fused-ring (bicyclic) bond motifs is 1. The average Bonchev–Trinajstić information content (AvgIpc) is 2.79. The summed E-state index contributed by atoms with van der Waals surface area (Å²) in [6.45, 7) is 0.740. The average molecular weight is 243 g/mol. The van der Waals surface area contributed by atoms with Gasteiger partial charge in [0.1, 0.15) is 0 Å². The van der Waals surface area contributed by atoms with E-state index in [9.17, 15) is 9.90 Å². The van der Waals surface area contributed by atoms with E-state index in [0.717, 1.165) is 42.8 Å². The Balaban J connectivity index is 2.18. The number of aromatic nitrogens is 3. The summed E-state index contributed by atoms with van der Waals surface area (Å²) < 4.78 is 1.83. The van der Waals surface area contributed by atoms with Crippen LogP contribution >= 0.6 is 0 Å². The molecule has 0 radical (unpaired) electrons. The van der Waals surface area contributed by atoms with Crippen molar-refractivity contribution in [2.45, 2.75) is 25.8 Å². The number of rotatable bonds is 2. The highest BCUT2D eigenvalue weighted by Gasteiger charge is 2.24. The highest BCUT2D eigenvalue weighted by Crippen LogP contribution is 2.28. The maximum atomic E-state index is 11.2. The van der Waals surface area contributed by atoms with Crippen LogP contribution in [0.25, 0.3) is 11.3 Å². The Morgan fingerprint density at radius 1 is 1.39 bits per heavy atom. The lowest BCUT2D eigenvalue weighted by Gasteiger charge is -2.16. The molecule has 2 aromatic rings. The summed E-state index contributed by atoms with van der Waals surface area (Å²) in [6, 6.07) is 3.75. The van der Waals surface area contributed by atoms with Crippen molar-refractivity contribution in [1.29, 1.82) is 0 Å². The number of aromatic carboxylic acids is 1. The molecule has 3 heterocycles. The molecule has 0 amide bonds. The van der Waals surface area contributed by atoms with Gasteiger partial charge in [-0.1, -0.05) is 0 Å². The van der Waals surface area contributed by atoms with E-state index < -0.39 is 5.97 Å². The van der Waals surface area contributed by atoms with Crippen LogP contribution in [0.4, 0.5) is 0 Å². The summed E-state index contributed by atoms with van der Waals surface area (Å²) in [6.07, 6.45) is 6.40. The lowest BCUT2D eigenvalue weighted by Crippen LogP contribution is -2.16. The number of carboxylic acid groups (broad SMARTS) is 1. The third kappa shape index (κ3) is 1.68. The fourth-order valence-corrected chi connectivity index (χ4v) is 2.44. The number of pyridine rings is 1. The fraction of sp³-hybridized carbons (Fsp3) is 0.308. The largest absolute Gasteiger partial charge is 0.475 e. The van der Waals surface area contributed by atoms with Crippen molar-refractivity contribution < 1.29 is 9.90 Å². The fourth-order valence-electron chi connectivity index (χ4n) is 2.44. The molecular formula is C13H13N3O2. The maximum absolute atomic E-state index is 11.2. The van der Waals surface area contributed by atoms with Gasteiger partial charge in [0.05, 0.1) is 5.69 Å². The van der Waals surface area contributed by atoms with Crippen molar-refractivity contribution in [3.63, 3.8) is 0 Å². The number of hydrogen-bond acceptors (Lipinski definition) is 3. The Bertz CT molecular complexity index is 590. The molecule has 3 rings (SSSR count). The van der Waals surface area contributed by atoms with E-state index in [4.69, 9.17) is 0 Å². The quantitative estimate of drug-likeness (QED) is 0.875. The Labute approximate surface area is 104 Å². The van der Waals surface area contributed by atoms with Gasteiger partial charge in [-0.3, -0.25) is 4.98 Å². The van der Waals surface area contributed by atoms with Gasteiger partial charge in [-0.25, -0.2) is 9.78 Å². The van der Waals surface area contributed by atoms with E-state index in [2.05, 4.69) is 9.97 Å². The van der Waals surface area contributed by atoms with Crippen LogP contribution < -0.4 is 0 Å². The second-order valence-corrected chi connectivity index (χ2v) is 4.39. The molecular weight excluding hydrogens is 230 g/mol.